The molecule has 0 fully saturated rings. The number of nitrogens with two attached hydrogens (primary N) is 1. The third-order valence-electron chi connectivity index (χ3n) is 2.52. The third kappa shape index (κ3) is 1.98. The zero-order valence-electron chi connectivity index (χ0n) is 9.22. The fourth-order valence-corrected chi connectivity index (χ4v) is 2.69. The van der Waals surface area contributed by atoms with Crippen LogP contribution in [-0.2, 0) is 0 Å². The Morgan fingerprint density at radius 3 is 2.94 bits per heavy atom. The van der Waals surface area contributed by atoms with Crippen molar-refractivity contribution in [3.8, 4) is 21.8 Å². The Hall–Kier alpha value is -1.85. The minimum absolute atomic E-state index is 0.530. The van der Waals surface area contributed by atoms with E-state index in [1.54, 1.807) is 6.20 Å². The van der Waals surface area contributed by atoms with Gasteiger partial charge in [0.1, 0.15) is 10.8 Å². The van der Waals surface area contributed by atoms with Crippen LogP contribution in [-0.4, -0.2) is 15.2 Å². The maximum atomic E-state index is 5.97. The van der Waals surface area contributed by atoms with Crippen LogP contribution >= 0.6 is 22.9 Å². The number of thiazole rings is 1. The molecule has 0 aliphatic heterocycles. The second-order valence-electron chi connectivity index (χ2n) is 3.75. The van der Waals surface area contributed by atoms with Crippen molar-refractivity contribution < 1.29 is 0 Å². The number of rotatable bonds is 2. The quantitative estimate of drug-likeness (QED) is 0.753. The van der Waals surface area contributed by atoms with E-state index in [0.29, 0.717) is 10.8 Å². The van der Waals surface area contributed by atoms with E-state index in [1.807, 2.05) is 29.6 Å². The number of benzene rings is 1. The highest BCUT2D eigenvalue weighted by molar-refractivity contribution is 7.13. The zero-order valence-corrected chi connectivity index (χ0v) is 10.8. The number of nitrogens with zero attached hydrogens (tertiary/aromatic N) is 2. The number of hydrogen-bond donors (Lipinski definition) is 2. The van der Waals surface area contributed by atoms with Gasteiger partial charge in [0, 0.05) is 16.0 Å². The summed E-state index contributed by atoms with van der Waals surface area (Å²) in [6, 6.07) is 7.61. The second kappa shape index (κ2) is 4.44. The van der Waals surface area contributed by atoms with Crippen molar-refractivity contribution in [2.75, 3.05) is 5.73 Å². The van der Waals surface area contributed by atoms with E-state index in [2.05, 4.69) is 15.2 Å². The molecule has 3 rings (SSSR count). The van der Waals surface area contributed by atoms with E-state index in [-0.39, 0.29) is 0 Å². The standard InChI is InChI=1S/C12H9ClN4S/c13-8-3-1-2-7(4-8)10-6-18-12(16-10)9-5-15-17-11(9)14/h1-6H,(H3,14,15,17). The van der Waals surface area contributed by atoms with Crippen LogP contribution in [0.25, 0.3) is 21.8 Å². The van der Waals surface area contributed by atoms with Crippen molar-refractivity contribution in [1.29, 1.82) is 0 Å². The summed E-state index contributed by atoms with van der Waals surface area (Å²) in [7, 11) is 0. The van der Waals surface area contributed by atoms with Crippen LogP contribution in [0, 0.1) is 0 Å². The maximum absolute atomic E-state index is 5.97. The molecule has 0 amide bonds. The molecule has 3 N–H and O–H groups in total. The Balaban J connectivity index is 2.02. The number of aromatic nitrogens is 3. The lowest BCUT2D eigenvalue weighted by molar-refractivity contribution is 1.10. The lowest BCUT2D eigenvalue weighted by atomic mass is 10.2. The van der Waals surface area contributed by atoms with Gasteiger partial charge >= 0.3 is 0 Å². The topological polar surface area (TPSA) is 67.6 Å². The van der Waals surface area contributed by atoms with Gasteiger partial charge in [0.2, 0.25) is 0 Å². The predicted molar refractivity (Wildman–Crippen MR) is 74.6 cm³/mol. The molecule has 0 bridgehead atoms. The van der Waals surface area contributed by atoms with Crippen molar-refractivity contribution in [2.24, 2.45) is 0 Å². The highest BCUT2D eigenvalue weighted by atomic mass is 35.5. The number of halogens is 1. The Morgan fingerprint density at radius 2 is 2.22 bits per heavy atom. The SMILES string of the molecule is Nc1[nH]ncc1-c1nc(-c2cccc(Cl)c2)cs1. The molecule has 0 atom stereocenters. The van der Waals surface area contributed by atoms with Crippen molar-refractivity contribution in [3.63, 3.8) is 0 Å². The molecule has 6 heteroatoms. The Morgan fingerprint density at radius 1 is 1.33 bits per heavy atom. The second-order valence-corrected chi connectivity index (χ2v) is 5.04. The van der Waals surface area contributed by atoms with Crippen LogP contribution < -0.4 is 5.73 Å². The summed E-state index contributed by atoms with van der Waals surface area (Å²) in [6.07, 6.45) is 1.68. The smallest absolute Gasteiger partial charge is 0.129 e. The van der Waals surface area contributed by atoms with Gasteiger partial charge in [-0.25, -0.2) is 4.98 Å². The summed E-state index contributed by atoms with van der Waals surface area (Å²) in [5, 5.41) is 10.1. The van der Waals surface area contributed by atoms with Crippen LogP contribution in [0.3, 0.4) is 0 Å². The number of hydrogen-bond acceptors (Lipinski definition) is 4. The fourth-order valence-electron chi connectivity index (χ4n) is 1.64. The van der Waals surface area contributed by atoms with Crippen LogP contribution in [0.15, 0.2) is 35.8 Å². The van der Waals surface area contributed by atoms with E-state index in [9.17, 15) is 0 Å². The molecule has 1 aromatic carbocycles. The summed E-state index contributed by atoms with van der Waals surface area (Å²) < 4.78 is 0. The van der Waals surface area contributed by atoms with E-state index in [1.165, 1.54) is 11.3 Å². The first-order valence-electron chi connectivity index (χ1n) is 5.25. The van der Waals surface area contributed by atoms with E-state index in [4.69, 9.17) is 17.3 Å². The molecule has 18 heavy (non-hydrogen) atoms. The molecule has 0 saturated carbocycles. The summed E-state index contributed by atoms with van der Waals surface area (Å²) in [4.78, 5) is 4.54. The van der Waals surface area contributed by atoms with Crippen molar-refractivity contribution in [2.45, 2.75) is 0 Å². The van der Waals surface area contributed by atoms with Crippen LogP contribution in [0.2, 0.25) is 5.02 Å². The van der Waals surface area contributed by atoms with Gasteiger partial charge in [0.15, 0.2) is 0 Å². The molecule has 2 aromatic heterocycles. The van der Waals surface area contributed by atoms with Gasteiger partial charge in [0.25, 0.3) is 0 Å². The largest absolute Gasteiger partial charge is 0.383 e. The zero-order chi connectivity index (χ0) is 12.5. The monoisotopic (exact) mass is 276 g/mol. The molecule has 0 unspecified atom stereocenters. The van der Waals surface area contributed by atoms with Gasteiger partial charge in [-0.1, -0.05) is 23.7 Å². The lowest BCUT2D eigenvalue weighted by Gasteiger charge is -1.96. The lowest BCUT2D eigenvalue weighted by Crippen LogP contribution is -1.87. The molecular weight excluding hydrogens is 268 g/mol. The average Bonchev–Trinajstić information content (AvgIpc) is 2.97. The minimum Gasteiger partial charge on any atom is -0.383 e. The first-order valence-corrected chi connectivity index (χ1v) is 6.50. The molecule has 0 aliphatic carbocycles. The molecule has 3 aromatic rings. The number of anilines is 1. The van der Waals surface area contributed by atoms with E-state index < -0.39 is 0 Å². The van der Waals surface area contributed by atoms with Gasteiger partial charge in [0.05, 0.1) is 17.5 Å². The summed E-state index contributed by atoms with van der Waals surface area (Å²) in [6.45, 7) is 0. The van der Waals surface area contributed by atoms with E-state index in [0.717, 1.165) is 21.8 Å². The number of aromatic amines is 1. The number of nitrogens with one attached hydrogen (secondary N) is 1. The van der Waals surface area contributed by atoms with E-state index >= 15 is 0 Å². The summed E-state index contributed by atoms with van der Waals surface area (Å²) in [5.74, 6) is 0.530. The Kier molecular flexibility index (Phi) is 2.77. The van der Waals surface area contributed by atoms with Crippen molar-refractivity contribution in [3.05, 3.63) is 40.9 Å². The van der Waals surface area contributed by atoms with Gasteiger partial charge < -0.3 is 5.73 Å². The van der Waals surface area contributed by atoms with Gasteiger partial charge in [-0.15, -0.1) is 11.3 Å². The van der Waals surface area contributed by atoms with Crippen molar-refractivity contribution in [1.82, 2.24) is 15.2 Å². The van der Waals surface area contributed by atoms with Crippen LogP contribution in [0.4, 0.5) is 5.82 Å². The molecule has 0 radical (unpaired) electrons. The molecular formula is C12H9ClN4S. The molecule has 0 saturated heterocycles. The third-order valence-corrected chi connectivity index (χ3v) is 3.63. The number of H-pyrrole nitrogens is 1. The minimum atomic E-state index is 0.530. The van der Waals surface area contributed by atoms with Crippen LogP contribution in [0.1, 0.15) is 0 Å². The first-order chi connectivity index (χ1) is 8.74. The average molecular weight is 277 g/mol. The Labute approximate surface area is 112 Å². The maximum Gasteiger partial charge on any atom is 0.129 e. The van der Waals surface area contributed by atoms with Gasteiger partial charge in [-0.05, 0) is 12.1 Å². The molecule has 2 heterocycles. The highest BCUT2D eigenvalue weighted by Crippen LogP contribution is 2.31. The molecule has 0 spiro atoms. The van der Waals surface area contributed by atoms with Gasteiger partial charge in [-0.2, -0.15) is 5.10 Å². The molecule has 4 nitrogen and oxygen atoms in total. The normalized spacial score (nSPS) is 10.7. The Bertz CT molecular complexity index is 689. The molecule has 90 valence electrons. The highest BCUT2D eigenvalue weighted by Gasteiger charge is 2.10. The summed E-state index contributed by atoms with van der Waals surface area (Å²) >= 11 is 7.49. The molecule has 0 aliphatic rings. The predicted octanol–water partition coefficient (Wildman–Crippen LogP) is 3.44. The van der Waals surface area contributed by atoms with Crippen LogP contribution in [0.5, 0.6) is 0 Å². The van der Waals surface area contributed by atoms with Crippen molar-refractivity contribution >= 4 is 28.8 Å². The number of nitrogen functional groups attached to an aromatic ring is 1. The van der Waals surface area contributed by atoms with Gasteiger partial charge in [-0.3, -0.25) is 5.10 Å². The fraction of sp³-hybridized carbons (Fsp3) is 0. The summed E-state index contributed by atoms with van der Waals surface area (Å²) in [5.41, 5.74) is 8.48. The first kappa shape index (κ1) is 11.3.